The van der Waals surface area contributed by atoms with Crippen molar-refractivity contribution in [3.8, 4) is 0 Å². The van der Waals surface area contributed by atoms with Crippen LogP contribution in [0.5, 0.6) is 0 Å². The molecule has 3 nitrogen and oxygen atoms in total. The third-order valence-electron chi connectivity index (χ3n) is 2.05. The fourth-order valence-corrected chi connectivity index (χ4v) is 2.57. The second kappa shape index (κ2) is 5.60. The second-order valence-corrected chi connectivity index (χ2v) is 5.10. The second-order valence-electron chi connectivity index (χ2n) is 3.02. The predicted octanol–water partition coefficient (Wildman–Crippen LogP) is 0.596. The minimum Gasteiger partial charge on any atom is -0.342 e. The molecule has 76 valence electrons. The van der Waals surface area contributed by atoms with Crippen molar-refractivity contribution in [2.24, 2.45) is 0 Å². The van der Waals surface area contributed by atoms with Crippen molar-refractivity contribution in [3.05, 3.63) is 0 Å². The molecule has 1 aliphatic heterocycles. The van der Waals surface area contributed by atoms with Gasteiger partial charge in [0.05, 0.1) is 0 Å². The molecule has 13 heavy (non-hydrogen) atoms. The third-order valence-corrected chi connectivity index (χ3v) is 3.62. The van der Waals surface area contributed by atoms with Crippen LogP contribution in [0.4, 0.5) is 0 Å². The van der Waals surface area contributed by atoms with E-state index in [0.29, 0.717) is 24.6 Å². The average molecular weight is 224 g/mol. The Balaban J connectivity index is 2.41. The van der Waals surface area contributed by atoms with Crippen molar-refractivity contribution in [3.63, 3.8) is 0 Å². The predicted molar refractivity (Wildman–Crippen MR) is 54.4 cm³/mol. The smallest absolute Gasteiger partial charge is 0.223 e. The van der Waals surface area contributed by atoms with Crippen LogP contribution in [0.2, 0.25) is 0 Å². The van der Waals surface area contributed by atoms with E-state index in [9.17, 15) is 9.00 Å². The summed E-state index contributed by atoms with van der Waals surface area (Å²) >= 11 is 5.48. The van der Waals surface area contributed by atoms with Crippen molar-refractivity contribution in [1.29, 1.82) is 0 Å². The van der Waals surface area contributed by atoms with E-state index >= 15 is 0 Å². The third kappa shape index (κ3) is 3.65. The van der Waals surface area contributed by atoms with Gasteiger partial charge in [-0.15, -0.1) is 11.6 Å². The quantitative estimate of drug-likeness (QED) is 0.643. The molecule has 1 fully saturated rings. The molecule has 0 aromatic heterocycles. The van der Waals surface area contributed by atoms with Crippen LogP contribution in [0.15, 0.2) is 0 Å². The molecule has 0 radical (unpaired) electrons. The number of carbonyl (C=O) groups excluding carboxylic acids is 1. The van der Waals surface area contributed by atoms with Gasteiger partial charge in [-0.25, -0.2) is 0 Å². The van der Waals surface area contributed by atoms with Crippen LogP contribution in [0.3, 0.4) is 0 Å². The molecule has 0 N–H and O–H groups in total. The summed E-state index contributed by atoms with van der Waals surface area (Å²) in [6.45, 7) is 1.36. The van der Waals surface area contributed by atoms with Gasteiger partial charge in [-0.1, -0.05) is 0 Å². The Bertz CT molecular complexity index is 210. The highest BCUT2D eigenvalue weighted by Gasteiger charge is 2.17. The van der Waals surface area contributed by atoms with Gasteiger partial charge in [0.25, 0.3) is 0 Å². The van der Waals surface area contributed by atoms with Crippen LogP contribution in [0.1, 0.15) is 12.8 Å². The van der Waals surface area contributed by atoms with Crippen molar-refractivity contribution in [2.45, 2.75) is 12.8 Å². The van der Waals surface area contributed by atoms with E-state index < -0.39 is 10.8 Å². The number of rotatable bonds is 2. The van der Waals surface area contributed by atoms with Crippen LogP contribution >= 0.6 is 11.6 Å². The Labute approximate surface area is 85.9 Å². The highest BCUT2D eigenvalue weighted by molar-refractivity contribution is 7.85. The molecule has 1 aliphatic rings. The molecule has 5 heteroatoms. The molecule has 0 saturated carbocycles. The zero-order chi connectivity index (χ0) is 9.68. The summed E-state index contributed by atoms with van der Waals surface area (Å²) in [4.78, 5) is 13.2. The molecule has 1 saturated heterocycles. The molecule has 0 aromatic rings. The largest absolute Gasteiger partial charge is 0.342 e. The molecule has 0 aromatic carbocycles. The first kappa shape index (κ1) is 11.0. The van der Waals surface area contributed by atoms with E-state index in [0.717, 1.165) is 18.7 Å². The minimum atomic E-state index is -0.726. The summed E-state index contributed by atoms with van der Waals surface area (Å²) in [5.41, 5.74) is 0. The summed E-state index contributed by atoms with van der Waals surface area (Å²) in [5, 5.41) is 0. The van der Waals surface area contributed by atoms with E-state index in [-0.39, 0.29) is 5.91 Å². The van der Waals surface area contributed by atoms with Crippen LogP contribution in [0.25, 0.3) is 0 Å². The Morgan fingerprint density at radius 1 is 1.38 bits per heavy atom. The summed E-state index contributed by atoms with van der Waals surface area (Å²) in [6.07, 6.45) is 1.24. The van der Waals surface area contributed by atoms with E-state index in [2.05, 4.69) is 0 Å². The van der Waals surface area contributed by atoms with Gasteiger partial charge >= 0.3 is 0 Å². The number of amides is 1. The first-order valence-electron chi connectivity index (χ1n) is 4.43. The number of halogens is 1. The molecule has 1 amide bonds. The van der Waals surface area contributed by atoms with Gasteiger partial charge in [0, 0.05) is 47.7 Å². The molecule has 0 spiro atoms. The van der Waals surface area contributed by atoms with Crippen LogP contribution in [-0.2, 0) is 15.6 Å². The number of hydrogen-bond donors (Lipinski definition) is 0. The van der Waals surface area contributed by atoms with Gasteiger partial charge in [0.15, 0.2) is 0 Å². The molecular weight excluding hydrogens is 210 g/mol. The Kier molecular flexibility index (Phi) is 4.73. The first-order chi connectivity index (χ1) is 6.24. The van der Waals surface area contributed by atoms with Gasteiger partial charge in [0.1, 0.15) is 0 Å². The molecule has 0 bridgehead atoms. The molecule has 1 rings (SSSR count). The summed E-state index contributed by atoms with van der Waals surface area (Å²) < 4.78 is 11.2. The van der Waals surface area contributed by atoms with Crippen LogP contribution in [0, 0.1) is 0 Å². The van der Waals surface area contributed by atoms with Gasteiger partial charge in [-0.2, -0.15) is 0 Å². The number of hydrogen-bond acceptors (Lipinski definition) is 2. The highest BCUT2D eigenvalue weighted by Crippen LogP contribution is 2.04. The Hall–Kier alpha value is -0.0900. The lowest BCUT2D eigenvalue weighted by atomic mass is 10.3. The maximum atomic E-state index is 11.4. The number of alkyl halides is 1. The molecule has 1 atom stereocenters. The van der Waals surface area contributed by atoms with Crippen LogP contribution in [-0.4, -0.2) is 45.5 Å². The van der Waals surface area contributed by atoms with Gasteiger partial charge in [0.2, 0.25) is 5.91 Å². The first-order valence-corrected chi connectivity index (χ1v) is 6.45. The van der Waals surface area contributed by atoms with E-state index in [1.165, 1.54) is 0 Å². The lowest BCUT2D eigenvalue weighted by molar-refractivity contribution is -0.130. The van der Waals surface area contributed by atoms with Gasteiger partial charge in [-0.3, -0.25) is 9.00 Å². The topological polar surface area (TPSA) is 37.4 Å². The summed E-state index contributed by atoms with van der Waals surface area (Å²) in [7, 11) is -0.726. The zero-order valence-corrected chi connectivity index (χ0v) is 9.07. The van der Waals surface area contributed by atoms with E-state index in [4.69, 9.17) is 11.6 Å². The van der Waals surface area contributed by atoms with Crippen molar-refractivity contribution < 1.29 is 9.00 Å². The monoisotopic (exact) mass is 223 g/mol. The Morgan fingerprint density at radius 2 is 2.15 bits per heavy atom. The minimum absolute atomic E-state index is 0.0916. The zero-order valence-electron chi connectivity index (χ0n) is 7.50. The fraction of sp³-hybridized carbons (Fsp3) is 0.875. The lowest BCUT2D eigenvalue weighted by Gasteiger charge is -2.18. The van der Waals surface area contributed by atoms with Crippen LogP contribution < -0.4 is 0 Å². The molecule has 1 unspecified atom stereocenters. The van der Waals surface area contributed by atoms with Gasteiger partial charge in [-0.05, 0) is 6.42 Å². The average Bonchev–Trinajstić information content (AvgIpc) is 2.30. The summed E-state index contributed by atoms with van der Waals surface area (Å²) in [6, 6.07) is 0. The fourth-order valence-electron chi connectivity index (χ4n) is 1.33. The molecular formula is C8H14ClNO2S. The highest BCUT2D eigenvalue weighted by atomic mass is 35.5. The molecule has 0 aliphatic carbocycles. The lowest BCUT2D eigenvalue weighted by Crippen LogP contribution is -2.33. The maximum absolute atomic E-state index is 11.4. The number of nitrogens with zero attached hydrogens (tertiary/aromatic N) is 1. The van der Waals surface area contributed by atoms with E-state index in [1.54, 1.807) is 4.90 Å². The van der Waals surface area contributed by atoms with Gasteiger partial charge < -0.3 is 4.90 Å². The summed E-state index contributed by atoms with van der Waals surface area (Å²) in [5.74, 6) is 1.81. The number of carbonyl (C=O) groups is 1. The standard InChI is InChI=1S/C8H14ClNO2S/c9-3-2-8(11)10-4-1-6-13(12)7-5-10/h1-7H2. The van der Waals surface area contributed by atoms with Crippen molar-refractivity contribution in [1.82, 2.24) is 4.90 Å². The Morgan fingerprint density at radius 3 is 2.85 bits per heavy atom. The van der Waals surface area contributed by atoms with Crippen molar-refractivity contribution >= 4 is 28.3 Å². The van der Waals surface area contributed by atoms with E-state index in [1.807, 2.05) is 0 Å². The SMILES string of the molecule is O=C(CCCl)N1CCCS(=O)CC1. The maximum Gasteiger partial charge on any atom is 0.223 e. The molecule has 1 heterocycles. The normalized spacial score (nSPS) is 24.1. The van der Waals surface area contributed by atoms with Crippen molar-refractivity contribution in [2.75, 3.05) is 30.5 Å².